The van der Waals surface area contributed by atoms with Crippen LogP contribution in [-0.4, -0.2) is 38.7 Å². The molecule has 0 aromatic heterocycles. The van der Waals surface area contributed by atoms with Gasteiger partial charge in [0.2, 0.25) is 0 Å². The summed E-state index contributed by atoms with van der Waals surface area (Å²) in [5.74, 6) is 0.302. The molecular weight excluding hydrogens is 238 g/mol. The number of sulfone groups is 1. The zero-order valence-corrected chi connectivity index (χ0v) is 11.3. The van der Waals surface area contributed by atoms with E-state index in [1.165, 1.54) is 6.26 Å². The summed E-state index contributed by atoms with van der Waals surface area (Å²) in [5.41, 5.74) is 6.13. The quantitative estimate of drug-likeness (QED) is 0.808. The van der Waals surface area contributed by atoms with Crippen LogP contribution in [0.3, 0.4) is 0 Å². The third-order valence-corrected chi connectivity index (χ3v) is 5.99. The molecular formula is C12H23NO3S. The minimum atomic E-state index is -2.92. The number of hydrogen-bond donors (Lipinski definition) is 1. The van der Waals surface area contributed by atoms with E-state index in [0.29, 0.717) is 12.5 Å². The van der Waals surface area contributed by atoms with Crippen LogP contribution in [-0.2, 0) is 14.6 Å². The van der Waals surface area contributed by atoms with Gasteiger partial charge < -0.3 is 10.5 Å². The second-order valence-corrected chi connectivity index (χ2v) is 8.03. The Morgan fingerprint density at radius 2 is 2.06 bits per heavy atom. The van der Waals surface area contributed by atoms with Crippen LogP contribution in [0.25, 0.3) is 0 Å². The van der Waals surface area contributed by atoms with Crippen LogP contribution >= 0.6 is 0 Å². The topological polar surface area (TPSA) is 69.4 Å². The molecule has 5 heteroatoms. The van der Waals surface area contributed by atoms with Gasteiger partial charge in [-0.25, -0.2) is 8.42 Å². The molecule has 4 nitrogen and oxygen atoms in total. The van der Waals surface area contributed by atoms with Crippen molar-refractivity contribution in [1.82, 2.24) is 0 Å². The van der Waals surface area contributed by atoms with Gasteiger partial charge in [0.05, 0.1) is 11.9 Å². The summed E-state index contributed by atoms with van der Waals surface area (Å²) in [5, 5.41) is -0.191. The minimum Gasteiger partial charge on any atom is -0.380 e. The Hall–Kier alpha value is -0.130. The Balaban J connectivity index is 2.06. The summed E-state index contributed by atoms with van der Waals surface area (Å²) >= 11 is 0. The van der Waals surface area contributed by atoms with Gasteiger partial charge in [0, 0.05) is 18.4 Å². The van der Waals surface area contributed by atoms with Gasteiger partial charge in [-0.05, 0) is 38.0 Å². The average Bonchev–Trinajstić information content (AvgIpc) is 2.29. The summed E-state index contributed by atoms with van der Waals surface area (Å²) in [6, 6.07) is 0. The van der Waals surface area contributed by atoms with Crippen molar-refractivity contribution in [2.24, 2.45) is 11.7 Å². The molecule has 0 amide bonds. The van der Waals surface area contributed by atoms with Gasteiger partial charge in [-0.3, -0.25) is 0 Å². The molecule has 0 aromatic rings. The highest BCUT2D eigenvalue weighted by Crippen LogP contribution is 2.37. The van der Waals surface area contributed by atoms with Crippen LogP contribution in [0.4, 0.5) is 0 Å². The molecule has 2 N–H and O–H groups in total. The van der Waals surface area contributed by atoms with E-state index in [1.807, 2.05) is 0 Å². The Morgan fingerprint density at radius 3 is 2.65 bits per heavy atom. The molecule has 2 rings (SSSR count). The molecule has 1 heterocycles. The molecule has 2 aliphatic rings. The monoisotopic (exact) mass is 261 g/mol. The SMILES string of the molecule is CS(=O)(=O)C1CCCC(C2(N)CCCOC2)C1. The molecule has 1 aliphatic carbocycles. The first-order valence-electron chi connectivity index (χ1n) is 6.47. The highest BCUT2D eigenvalue weighted by atomic mass is 32.2. The van der Waals surface area contributed by atoms with Gasteiger partial charge in [0.1, 0.15) is 9.84 Å². The number of rotatable bonds is 2. The standard InChI is InChI=1S/C12H23NO3S/c1-17(14,15)11-5-2-4-10(8-11)12(13)6-3-7-16-9-12/h10-11H,2-9,13H2,1H3. The fraction of sp³-hybridized carbons (Fsp3) is 1.00. The van der Waals surface area contributed by atoms with Gasteiger partial charge in [-0.15, -0.1) is 0 Å². The van der Waals surface area contributed by atoms with E-state index in [-0.39, 0.29) is 10.8 Å². The van der Waals surface area contributed by atoms with E-state index < -0.39 is 9.84 Å². The van der Waals surface area contributed by atoms with E-state index in [2.05, 4.69) is 0 Å². The molecule has 2 fully saturated rings. The number of nitrogens with two attached hydrogens (primary N) is 1. The summed E-state index contributed by atoms with van der Waals surface area (Å²) in [7, 11) is -2.92. The first kappa shape index (κ1) is 13.3. The third kappa shape index (κ3) is 3.01. The van der Waals surface area contributed by atoms with Gasteiger partial charge in [0.15, 0.2) is 0 Å². The second-order valence-electron chi connectivity index (χ2n) is 5.70. The Labute approximate surface area is 104 Å². The maximum atomic E-state index is 11.6. The summed E-state index contributed by atoms with van der Waals surface area (Å²) in [6.45, 7) is 1.38. The maximum Gasteiger partial charge on any atom is 0.150 e. The van der Waals surface area contributed by atoms with Crippen LogP contribution in [0.5, 0.6) is 0 Å². The van der Waals surface area contributed by atoms with Crippen molar-refractivity contribution in [3.05, 3.63) is 0 Å². The second kappa shape index (κ2) is 4.86. The number of ether oxygens (including phenoxy) is 1. The van der Waals surface area contributed by atoms with Gasteiger partial charge >= 0.3 is 0 Å². The van der Waals surface area contributed by atoms with Crippen molar-refractivity contribution < 1.29 is 13.2 Å². The van der Waals surface area contributed by atoms with E-state index in [0.717, 1.165) is 45.1 Å². The molecule has 1 saturated carbocycles. The molecule has 100 valence electrons. The van der Waals surface area contributed by atoms with Crippen LogP contribution in [0.15, 0.2) is 0 Å². The van der Waals surface area contributed by atoms with Crippen molar-refractivity contribution in [2.45, 2.75) is 49.3 Å². The molecule has 0 bridgehead atoms. The molecule has 17 heavy (non-hydrogen) atoms. The average molecular weight is 261 g/mol. The maximum absolute atomic E-state index is 11.6. The molecule has 1 aliphatic heterocycles. The molecule has 3 atom stereocenters. The smallest absolute Gasteiger partial charge is 0.150 e. The van der Waals surface area contributed by atoms with Gasteiger partial charge in [0.25, 0.3) is 0 Å². The zero-order chi connectivity index (χ0) is 12.5. The lowest BCUT2D eigenvalue weighted by molar-refractivity contribution is 0.00273. The lowest BCUT2D eigenvalue weighted by Gasteiger charge is -2.43. The largest absolute Gasteiger partial charge is 0.380 e. The first-order valence-corrected chi connectivity index (χ1v) is 8.43. The van der Waals surface area contributed by atoms with Crippen molar-refractivity contribution in [1.29, 1.82) is 0 Å². The Bertz CT molecular complexity index is 360. The van der Waals surface area contributed by atoms with E-state index in [1.54, 1.807) is 0 Å². The first-order chi connectivity index (χ1) is 7.92. The van der Waals surface area contributed by atoms with Crippen LogP contribution in [0.1, 0.15) is 38.5 Å². The molecule has 0 aromatic carbocycles. The third-order valence-electron chi connectivity index (χ3n) is 4.35. The van der Waals surface area contributed by atoms with Crippen molar-refractivity contribution >= 4 is 9.84 Å². The Morgan fingerprint density at radius 1 is 1.29 bits per heavy atom. The van der Waals surface area contributed by atoms with Crippen molar-refractivity contribution in [2.75, 3.05) is 19.5 Å². The highest BCUT2D eigenvalue weighted by Gasteiger charge is 2.41. The normalized spacial score (nSPS) is 40.1. The van der Waals surface area contributed by atoms with Crippen molar-refractivity contribution in [3.63, 3.8) is 0 Å². The lowest BCUT2D eigenvalue weighted by atomic mass is 9.72. The summed E-state index contributed by atoms with van der Waals surface area (Å²) in [4.78, 5) is 0. The summed E-state index contributed by atoms with van der Waals surface area (Å²) < 4.78 is 28.8. The molecule has 3 unspecified atom stereocenters. The molecule has 1 saturated heterocycles. The fourth-order valence-corrected chi connectivity index (χ4v) is 4.39. The molecule has 0 spiro atoms. The van der Waals surface area contributed by atoms with Crippen LogP contribution < -0.4 is 5.73 Å². The number of hydrogen-bond acceptors (Lipinski definition) is 4. The summed E-state index contributed by atoms with van der Waals surface area (Å²) in [6.07, 6.45) is 6.85. The predicted octanol–water partition coefficient (Wildman–Crippen LogP) is 1.10. The predicted molar refractivity (Wildman–Crippen MR) is 67.6 cm³/mol. The van der Waals surface area contributed by atoms with Gasteiger partial charge in [-0.2, -0.15) is 0 Å². The highest BCUT2D eigenvalue weighted by molar-refractivity contribution is 7.91. The molecule has 0 radical (unpaired) electrons. The van der Waals surface area contributed by atoms with Crippen LogP contribution in [0.2, 0.25) is 0 Å². The Kier molecular flexibility index (Phi) is 3.80. The van der Waals surface area contributed by atoms with E-state index in [9.17, 15) is 8.42 Å². The van der Waals surface area contributed by atoms with Crippen molar-refractivity contribution in [3.8, 4) is 0 Å². The van der Waals surface area contributed by atoms with Gasteiger partial charge in [-0.1, -0.05) is 6.42 Å². The minimum absolute atomic E-state index is 0.191. The zero-order valence-electron chi connectivity index (χ0n) is 10.5. The van der Waals surface area contributed by atoms with E-state index in [4.69, 9.17) is 10.5 Å². The fourth-order valence-electron chi connectivity index (χ4n) is 3.22. The lowest BCUT2D eigenvalue weighted by Crippen LogP contribution is -2.55. The van der Waals surface area contributed by atoms with E-state index >= 15 is 0 Å². The van der Waals surface area contributed by atoms with Crippen LogP contribution in [0, 0.1) is 5.92 Å².